The average molecular weight is 226 g/mol. The van der Waals surface area contributed by atoms with Crippen LogP contribution in [0.15, 0.2) is 0 Å². The lowest BCUT2D eigenvalue weighted by Gasteiger charge is -2.33. The molecule has 0 aliphatic rings. The Labute approximate surface area is 100 Å². The van der Waals surface area contributed by atoms with Crippen molar-refractivity contribution in [3.05, 3.63) is 0 Å². The van der Waals surface area contributed by atoms with Gasteiger partial charge in [0, 0.05) is 5.92 Å². The Kier molecular flexibility index (Phi) is 6.71. The van der Waals surface area contributed by atoms with E-state index in [9.17, 15) is 10.2 Å². The summed E-state index contributed by atoms with van der Waals surface area (Å²) in [5, 5.41) is 19.6. The fourth-order valence-corrected chi connectivity index (χ4v) is 1.99. The van der Waals surface area contributed by atoms with Gasteiger partial charge in [0.1, 0.15) is 0 Å². The van der Waals surface area contributed by atoms with Crippen molar-refractivity contribution in [2.75, 3.05) is 0 Å². The van der Waals surface area contributed by atoms with Gasteiger partial charge in [-0.15, -0.1) is 12.3 Å². The summed E-state index contributed by atoms with van der Waals surface area (Å²) in [6.07, 6.45) is 4.70. The first-order chi connectivity index (χ1) is 7.36. The van der Waals surface area contributed by atoms with Gasteiger partial charge in [0.2, 0.25) is 0 Å². The van der Waals surface area contributed by atoms with E-state index in [0.29, 0.717) is 18.3 Å². The van der Waals surface area contributed by atoms with Gasteiger partial charge in [-0.25, -0.2) is 0 Å². The van der Waals surface area contributed by atoms with Gasteiger partial charge in [0.05, 0.1) is 12.2 Å². The summed E-state index contributed by atoms with van der Waals surface area (Å²) in [4.78, 5) is 0. The average Bonchev–Trinajstić information content (AvgIpc) is 2.32. The first-order valence-corrected chi connectivity index (χ1v) is 6.19. The van der Waals surface area contributed by atoms with Crippen LogP contribution in [0.1, 0.15) is 41.0 Å². The topological polar surface area (TPSA) is 40.5 Å². The first-order valence-electron chi connectivity index (χ1n) is 6.19. The molecule has 0 aliphatic carbocycles. The lowest BCUT2D eigenvalue weighted by atomic mass is 9.75. The third kappa shape index (κ3) is 3.81. The van der Waals surface area contributed by atoms with Gasteiger partial charge < -0.3 is 10.2 Å². The van der Waals surface area contributed by atoms with Crippen LogP contribution < -0.4 is 0 Å². The van der Waals surface area contributed by atoms with E-state index in [2.05, 4.69) is 19.8 Å². The Morgan fingerprint density at radius 1 is 1.00 bits per heavy atom. The zero-order chi connectivity index (χ0) is 12.9. The monoisotopic (exact) mass is 226 g/mol. The van der Waals surface area contributed by atoms with Crippen molar-refractivity contribution in [1.82, 2.24) is 0 Å². The normalized spacial score (nSPS) is 22.6. The Balaban J connectivity index is 4.49. The van der Waals surface area contributed by atoms with E-state index in [1.807, 2.05) is 20.8 Å². The molecule has 94 valence electrons. The molecule has 0 aromatic rings. The van der Waals surface area contributed by atoms with Crippen LogP contribution in [0.2, 0.25) is 0 Å². The Morgan fingerprint density at radius 2 is 1.50 bits per heavy atom. The van der Waals surface area contributed by atoms with Crippen LogP contribution in [-0.2, 0) is 0 Å². The molecular weight excluding hydrogens is 200 g/mol. The predicted molar refractivity (Wildman–Crippen MR) is 67.8 cm³/mol. The number of rotatable bonds is 6. The zero-order valence-electron chi connectivity index (χ0n) is 11.1. The van der Waals surface area contributed by atoms with Crippen LogP contribution in [0.5, 0.6) is 0 Å². The lowest BCUT2D eigenvalue weighted by Crippen LogP contribution is -2.37. The van der Waals surface area contributed by atoms with Crippen LogP contribution in [0.25, 0.3) is 0 Å². The van der Waals surface area contributed by atoms with Crippen molar-refractivity contribution < 1.29 is 10.2 Å². The molecule has 2 heteroatoms. The fourth-order valence-electron chi connectivity index (χ4n) is 1.99. The molecule has 0 saturated carbocycles. The molecule has 0 aromatic heterocycles. The molecule has 0 rings (SSSR count). The molecule has 0 fully saturated rings. The summed E-state index contributed by atoms with van der Waals surface area (Å²) in [5.74, 6) is 3.63. The van der Waals surface area contributed by atoms with Gasteiger partial charge in [-0.2, -0.15) is 0 Å². The van der Waals surface area contributed by atoms with Crippen molar-refractivity contribution in [1.29, 1.82) is 0 Å². The van der Waals surface area contributed by atoms with Crippen LogP contribution in [0.4, 0.5) is 0 Å². The molecule has 6 unspecified atom stereocenters. The van der Waals surface area contributed by atoms with E-state index in [-0.39, 0.29) is 11.8 Å². The molecule has 6 atom stereocenters. The molecule has 0 amide bonds. The Bertz CT molecular complexity index is 231. The number of hydrogen-bond donors (Lipinski definition) is 2. The summed E-state index contributed by atoms with van der Waals surface area (Å²) in [6, 6.07) is 0. The van der Waals surface area contributed by atoms with E-state index >= 15 is 0 Å². The standard InChI is InChI=1S/C14H26O2/c1-7-9(3)10(4)11(5)12(6)14(16)13(15)8-2/h1,9-16H,8H2,2-6H3. The van der Waals surface area contributed by atoms with Crippen molar-refractivity contribution in [2.24, 2.45) is 23.7 Å². The summed E-state index contributed by atoms with van der Waals surface area (Å²) in [6.45, 7) is 10.1. The number of aliphatic hydroxyl groups excluding tert-OH is 2. The highest BCUT2D eigenvalue weighted by molar-refractivity contribution is 4.95. The quantitative estimate of drug-likeness (QED) is 0.682. The summed E-state index contributed by atoms with van der Waals surface area (Å²) in [5.41, 5.74) is 0. The molecule has 0 bridgehead atoms. The maximum Gasteiger partial charge on any atom is 0.0827 e. The third-order valence-corrected chi connectivity index (χ3v) is 4.06. The molecule has 0 saturated heterocycles. The minimum absolute atomic E-state index is 0.0562. The summed E-state index contributed by atoms with van der Waals surface area (Å²) in [7, 11) is 0. The highest BCUT2D eigenvalue weighted by atomic mass is 16.3. The van der Waals surface area contributed by atoms with Gasteiger partial charge in [-0.05, 0) is 24.2 Å². The van der Waals surface area contributed by atoms with E-state index in [1.54, 1.807) is 0 Å². The highest BCUT2D eigenvalue weighted by Gasteiger charge is 2.30. The van der Waals surface area contributed by atoms with Crippen LogP contribution in [0.3, 0.4) is 0 Å². The van der Waals surface area contributed by atoms with Gasteiger partial charge in [-0.3, -0.25) is 0 Å². The minimum Gasteiger partial charge on any atom is -0.390 e. The Hall–Kier alpha value is -0.520. The molecule has 2 N–H and O–H groups in total. The molecule has 0 aromatic carbocycles. The third-order valence-electron chi connectivity index (χ3n) is 4.06. The zero-order valence-corrected chi connectivity index (χ0v) is 11.1. The molecular formula is C14H26O2. The van der Waals surface area contributed by atoms with Gasteiger partial charge in [-0.1, -0.05) is 34.6 Å². The molecule has 0 radical (unpaired) electrons. The molecule has 0 aliphatic heterocycles. The number of aliphatic hydroxyl groups is 2. The number of terminal acetylenes is 1. The van der Waals surface area contributed by atoms with Crippen LogP contribution >= 0.6 is 0 Å². The van der Waals surface area contributed by atoms with Crippen LogP contribution in [0, 0.1) is 36.0 Å². The van der Waals surface area contributed by atoms with Crippen molar-refractivity contribution in [3.8, 4) is 12.3 Å². The van der Waals surface area contributed by atoms with Crippen LogP contribution in [-0.4, -0.2) is 22.4 Å². The van der Waals surface area contributed by atoms with Gasteiger partial charge in [0.15, 0.2) is 0 Å². The molecule has 2 nitrogen and oxygen atoms in total. The molecule has 0 heterocycles. The van der Waals surface area contributed by atoms with E-state index < -0.39 is 12.2 Å². The van der Waals surface area contributed by atoms with Gasteiger partial charge >= 0.3 is 0 Å². The fraction of sp³-hybridized carbons (Fsp3) is 0.857. The van der Waals surface area contributed by atoms with E-state index in [0.717, 1.165) is 0 Å². The minimum atomic E-state index is -0.660. The second-order valence-corrected chi connectivity index (χ2v) is 5.00. The SMILES string of the molecule is C#CC(C)C(C)C(C)C(C)C(O)C(O)CC. The largest absolute Gasteiger partial charge is 0.390 e. The smallest absolute Gasteiger partial charge is 0.0827 e. The second kappa shape index (κ2) is 6.93. The summed E-state index contributed by atoms with van der Waals surface area (Å²) < 4.78 is 0. The second-order valence-electron chi connectivity index (χ2n) is 5.00. The first kappa shape index (κ1) is 15.5. The number of hydrogen-bond acceptors (Lipinski definition) is 2. The Morgan fingerprint density at radius 3 is 1.88 bits per heavy atom. The van der Waals surface area contributed by atoms with Crippen molar-refractivity contribution in [3.63, 3.8) is 0 Å². The molecule has 16 heavy (non-hydrogen) atoms. The van der Waals surface area contributed by atoms with Gasteiger partial charge in [0.25, 0.3) is 0 Å². The van der Waals surface area contributed by atoms with Crippen molar-refractivity contribution >= 4 is 0 Å². The summed E-state index contributed by atoms with van der Waals surface area (Å²) >= 11 is 0. The lowest BCUT2D eigenvalue weighted by molar-refractivity contribution is -0.0360. The van der Waals surface area contributed by atoms with E-state index in [1.165, 1.54) is 0 Å². The highest BCUT2D eigenvalue weighted by Crippen LogP contribution is 2.29. The maximum absolute atomic E-state index is 9.96. The molecule has 0 spiro atoms. The predicted octanol–water partition coefficient (Wildman–Crippen LogP) is 2.30. The van der Waals surface area contributed by atoms with E-state index in [4.69, 9.17) is 6.42 Å². The maximum atomic E-state index is 9.96. The van der Waals surface area contributed by atoms with Crippen molar-refractivity contribution in [2.45, 2.75) is 53.2 Å².